The number of benzene rings is 1. The van der Waals surface area contributed by atoms with Gasteiger partial charge in [-0.3, -0.25) is 14.5 Å². The Hall–Kier alpha value is -2.12. The maximum absolute atomic E-state index is 12.4. The van der Waals surface area contributed by atoms with Gasteiger partial charge in [0, 0.05) is 18.8 Å². The molecule has 23 heavy (non-hydrogen) atoms. The second kappa shape index (κ2) is 6.55. The summed E-state index contributed by atoms with van der Waals surface area (Å²) >= 11 is 6.16. The third kappa shape index (κ3) is 3.16. The molecule has 1 aromatic carbocycles. The highest BCUT2D eigenvalue weighted by Gasteiger charge is 2.58. The molecule has 124 valence electrons. The fourth-order valence-electron chi connectivity index (χ4n) is 2.35. The zero-order valence-electron chi connectivity index (χ0n) is 13.1. The summed E-state index contributed by atoms with van der Waals surface area (Å²) in [4.78, 5) is 38.8. The molecule has 1 unspecified atom stereocenters. The Morgan fingerprint density at radius 3 is 2.39 bits per heavy atom. The SMILES string of the molecule is COC1(Cl)C(=O)N(CC(=O)Nc2ccccc2)C(=O)N1C(C)C. The van der Waals surface area contributed by atoms with Crippen molar-refractivity contribution in [1.29, 1.82) is 0 Å². The average Bonchev–Trinajstić information content (AvgIpc) is 2.69. The molecule has 1 N–H and O–H groups in total. The molecule has 4 amide bonds. The van der Waals surface area contributed by atoms with Crippen LogP contribution in [0.2, 0.25) is 0 Å². The van der Waals surface area contributed by atoms with Crippen LogP contribution in [-0.2, 0) is 14.3 Å². The van der Waals surface area contributed by atoms with Crippen molar-refractivity contribution in [3.63, 3.8) is 0 Å². The number of nitrogens with zero attached hydrogens (tertiary/aromatic N) is 2. The molecule has 1 saturated heterocycles. The fraction of sp³-hybridized carbons (Fsp3) is 0.400. The molecular formula is C15H18ClN3O4. The summed E-state index contributed by atoms with van der Waals surface area (Å²) in [6, 6.07) is 7.70. The number of urea groups is 1. The third-order valence-corrected chi connectivity index (χ3v) is 3.90. The lowest BCUT2D eigenvalue weighted by Gasteiger charge is -2.30. The van der Waals surface area contributed by atoms with E-state index in [1.54, 1.807) is 38.1 Å². The molecule has 0 saturated carbocycles. The Labute approximate surface area is 139 Å². The standard InChI is InChI=1S/C15H18ClN3O4/c1-10(2)19-14(22)18(13(21)15(19,16)23-3)9-12(20)17-11-7-5-4-6-8-11/h4-8,10H,9H2,1-3H3,(H,17,20). The molecule has 1 aliphatic rings. The molecule has 0 spiro atoms. The molecule has 1 heterocycles. The van der Waals surface area contributed by atoms with Gasteiger partial charge in [0.05, 0.1) is 0 Å². The van der Waals surface area contributed by atoms with Crippen LogP contribution >= 0.6 is 11.6 Å². The van der Waals surface area contributed by atoms with E-state index >= 15 is 0 Å². The molecule has 1 fully saturated rings. The molecule has 1 atom stereocenters. The first-order valence-electron chi connectivity index (χ1n) is 7.05. The molecule has 7 nitrogen and oxygen atoms in total. The van der Waals surface area contributed by atoms with Crippen LogP contribution in [0.1, 0.15) is 13.8 Å². The van der Waals surface area contributed by atoms with E-state index in [0.29, 0.717) is 5.69 Å². The Bertz CT molecular complexity index is 622. The minimum absolute atomic E-state index is 0.369. The lowest BCUT2D eigenvalue weighted by atomic mass is 10.3. The van der Waals surface area contributed by atoms with Crippen LogP contribution in [0.3, 0.4) is 0 Å². The van der Waals surface area contributed by atoms with E-state index in [-0.39, 0.29) is 6.04 Å². The second-order valence-corrected chi connectivity index (χ2v) is 5.83. The van der Waals surface area contributed by atoms with E-state index in [0.717, 1.165) is 9.80 Å². The zero-order valence-corrected chi connectivity index (χ0v) is 13.8. The molecule has 0 aliphatic carbocycles. The first kappa shape index (κ1) is 17.2. The summed E-state index contributed by atoms with van der Waals surface area (Å²) in [5, 5.41) is 0.693. The van der Waals surface area contributed by atoms with E-state index in [2.05, 4.69) is 5.32 Å². The lowest BCUT2D eigenvalue weighted by Crippen LogP contribution is -2.49. The van der Waals surface area contributed by atoms with Gasteiger partial charge in [-0.1, -0.05) is 29.8 Å². The van der Waals surface area contributed by atoms with Crippen molar-refractivity contribution >= 4 is 35.1 Å². The number of rotatable bonds is 5. The van der Waals surface area contributed by atoms with Crippen LogP contribution in [0.4, 0.5) is 10.5 Å². The molecule has 0 radical (unpaired) electrons. The molecule has 2 rings (SSSR count). The number of carbonyl (C=O) groups excluding carboxylic acids is 3. The summed E-state index contributed by atoms with van der Waals surface area (Å²) < 4.78 is 5.03. The van der Waals surface area contributed by atoms with E-state index < -0.39 is 29.6 Å². The minimum Gasteiger partial charge on any atom is -0.338 e. The van der Waals surface area contributed by atoms with Gasteiger partial charge >= 0.3 is 17.1 Å². The predicted molar refractivity (Wildman–Crippen MR) is 84.7 cm³/mol. The van der Waals surface area contributed by atoms with E-state index in [4.69, 9.17) is 16.3 Å². The highest BCUT2D eigenvalue weighted by molar-refractivity contribution is 6.37. The van der Waals surface area contributed by atoms with Crippen molar-refractivity contribution in [3.05, 3.63) is 30.3 Å². The molecule has 0 bridgehead atoms. The monoisotopic (exact) mass is 339 g/mol. The van der Waals surface area contributed by atoms with E-state index in [1.807, 2.05) is 6.07 Å². The number of para-hydroxylation sites is 1. The van der Waals surface area contributed by atoms with Gasteiger partial charge in [0.25, 0.3) is 0 Å². The number of imide groups is 1. The number of methoxy groups -OCH3 is 1. The van der Waals surface area contributed by atoms with Crippen molar-refractivity contribution in [2.24, 2.45) is 0 Å². The largest absolute Gasteiger partial charge is 0.338 e. The van der Waals surface area contributed by atoms with Crippen LogP contribution in [-0.4, -0.2) is 52.5 Å². The highest BCUT2D eigenvalue weighted by atomic mass is 35.5. The van der Waals surface area contributed by atoms with Crippen molar-refractivity contribution in [2.45, 2.75) is 25.1 Å². The number of anilines is 1. The normalized spacial score (nSPS) is 21.3. The lowest BCUT2D eigenvalue weighted by molar-refractivity contribution is -0.147. The Morgan fingerprint density at radius 2 is 1.91 bits per heavy atom. The quantitative estimate of drug-likeness (QED) is 0.504. The minimum atomic E-state index is -1.92. The topological polar surface area (TPSA) is 79.0 Å². The Balaban J connectivity index is 2.15. The van der Waals surface area contributed by atoms with Crippen molar-refractivity contribution < 1.29 is 19.1 Å². The van der Waals surface area contributed by atoms with Crippen molar-refractivity contribution in [3.8, 4) is 0 Å². The first-order valence-corrected chi connectivity index (χ1v) is 7.43. The predicted octanol–water partition coefficient (Wildman–Crippen LogP) is 1.84. The van der Waals surface area contributed by atoms with Gasteiger partial charge in [-0.15, -0.1) is 0 Å². The average molecular weight is 340 g/mol. The maximum Gasteiger partial charge on any atom is 0.331 e. The smallest absolute Gasteiger partial charge is 0.331 e. The van der Waals surface area contributed by atoms with Crippen LogP contribution in [0.5, 0.6) is 0 Å². The van der Waals surface area contributed by atoms with Crippen LogP contribution in [0.25, 0.3) is 0 Å². The Kier molecular flexibility index (Phi) is 4.91. The van der Waals surface area contributed by atoms with Gasteiger partial charge in [0.15, 0.2) is 0 Å². The number of alkyl halides is 1. The number of amides is 4. The van der Waals surface area contributed by atoms with Crippen molar-refractivity contribution in [1.82, 2.24) is 9.80 Å². The summed E-state index contributed by atoms with van der Waals surface area (Å²) in [5.74, 6) is -1.28. The number of ether oxygens (including phenoxy) is 1. The van der Waals surface area contributed by atoms with E-state index in [1.165, 1.54) is 7.11 Å². The number of hydrogen-bond donors (Lipinski definition) is 1. The van der Waals surface area contributed by atoms with Gasteiger partial charge in [0.2, 0.25) is 5.91 Å². The molecule has 1 aliphatic heterocycles. The summed E-state index contributed by atoms with van der Waals surface area (Å²) in [6.45, 7) is 2.97. The maximum atomic E-state index is 12.4. The fourth-order valence-corrected chi connectivity index (χ4v) is 2.72. The van der Waals surface area contributed by atoms with Gasteiger partial charge in [-0.05, 0) is 26.0 Å². The molecule has 1 aromatic rings. The number of hydrogen-bond acceptors (Lipinski definition) is 4. The number of halogens is 1. The summed E-state index contributed by atoms with van der Waals surface area (Å²) in [6.07, 6.45) is 0. The van der Waals surface area contributed by atoms with Crippen LogP contribution in [0, 0.1) is 0 Å². The van der Waals surface area contributed by atoms with Crippen LogP contribution < -0.4 is 5.32 Å². The van der Waals surface area contributed by atoms with Crippen molar-refractivity contribution in [2.75, 3.05) is 19.0 Å². The van der Waals surface area contributed by atoms with Gasteiger partial charge in [-0.2, -0.15) is 0 Å². The van der Waals surface area contributed by atoms with Crippen LogP contribution in [0.15, 0.2) is 30.3 Å². The number of carbonyl (C=O) groups is 3. The van der Waals surface area contributed by atoms with Gasteiger partial charge < -0.3 is 10.1 Å². The molecule has 8 heteroatoms. The number of nitrogens with one attached hydrogen (secondary N) is 1. The van der Waals surface area contributed by atoms with Gasteiger partial charge in [0.1, 0.15) is 6.54 Å². The second-order valence-electron chi connectivity index (χ2n) is 5.32. The first-order chi connectivity index (χ1) is 10.8. The summed E-state index contributed by atoms with van der Waals surface area (Å²) in [7, 11) is 1.24. The zero-order chi connectivity index (χ0) is 17.2. The van der Waals surface area contributed by atoms with E-state index in [9.17, 15) is 14.4 Å². The highest BCUT2D eigenvalue weighted by Crippen LogP contribution is 2.34. The summed E-state index contributed by atoms with van der Waals surface area (Å²) in [5.41, 5.74) is 0.571. The molecular weight excluding hydrogens is 322 g/mol. The third-order valence-electron chi connectivity index (χ3n) is 3.40. The van der Waals surface area contributed by atoms with Gasteiger partial charge in [-0.25, -0.2) is 9.69 Å². The Morgan fingerprint density at radius 1 is 1.30 bits per heavy atom. The molecule has 0 aromatic heterocycles.